The number of carbonyl (C=O) groups is 3. The number of benzene rings is 1. The maximum absolute atomic E-state index is 12.3. The van der Waals surface area contributed by atoms with Gasteiger partial charge >= 0.3 is 0 Å². The molecule has 142 valence electrons. The lowest BCUT2D eigenvalue weighted by atomic mass is 10.2. The molecule has 1 aromatic carbocycles. The van der Waals surface area contributed by atoms with Crippen LogP contribution >= 0.6 is 11.3 Å². The summed E-state index contributed by atoms with van der Waals surface area (Å²) in [6.07, 6.45) is 1.62. The van der Waals surface area contributed by atoms with Crippen LogP contribution in [0, 0.1) is 0 Å². The van der Waals surface area contributed by atoms with Gasteiger partial charge in [-0.05, 0) is 31.2 Å². The van der Waals surface area contributed by atoms with Crippen molar-refractivity contribution < 1.29 is 22.8 Å². The Kier molecular flexibility index (Phi) is 5.24. The van der Waals surface area contributed by atoms with Crippen molar-refractivity contribution >= 4 is 49.8 Å². The second kappa shape index (κ2) is 7.45. The fourth-order valence-electron chi connectivity index (χ4n) is 2.56. The monoisotopic (exact) mass is 408 g/mol. The molecule has 3 rings (SSSR count). The van der Waals surface area contributed by atoms with E-state index in [0.29, 0.717) is 10.7 Å². The molecule has 0 spiro atoms. The van der Waals surface area contributed by atoms with Crippen LogP contribution in [0.4, 0.5) is 10.7 Å². The van der Waals surface area contributed by atoms with Gasteiger partial charge in [0.05, 0.1) is 16.6 Å². The van der Waals surface area contributed by atoms with Gasteiger partial charge in [0.15, 0.2) is 0 Å². The van der Waals surface area contributed by atoms with E-state index >= 15 is 0 Å². The van der Waals surface area contributed by atoms with Gasteiger partial charge in [-0.3, -0.25) is 29.0 Å². The van der Waals surface area contributed by atoms with Gasteiger partial charge in [0.2, 0.25) is 17.7 Å². The zero-order chi connectivity index (χ0) is 19.6. The lowest BCUT2D eigenvalue weighted by molar-refractivity contribution is -0.144. The van der Waals surface area contributed by atoms with E-state index in [9.17, 15) is 22.8 Å². The lowest BCUT2D eigenvalue weighted by Crippen LogP contribution is -2.44. The summed E-state index contributed by atoms with van der Waals surface area (Å²) >= 11 is 1.15. The molecular formula is C16H16N4O5S2. The second-order valence-electron chi connectivity index (χ2n) is 5.82. The van der Waals surface area contributed by atoms with Crippen molar-refractivity contribution in [3.8, 4) is 0 Å². The average molecular weight is 408 g/mol. The summed E-state index contributed by atoms with van der Waals surface area (Å²) in [6, 6.07) is 4.61. The van der Waals surface area contributed by atoms with Crippen LogP contribution in [0.3, 0.4) is 0 Å². The smallest absolute Gasteiger partial charge is 0.262 e. The van der Waals surface area contributed by atoms with Gasteiger partial charge in [0.1, 0.15) is 11.0 Å². The fourth-order valence-corrected chi connectivity index (χ4v) is 4.37. The van der Waals surface area contributed by atoms with Crippen LogP contribution in [0.25, 0.3) is 0 Å². The molecule has 27 heavy (non-hydrogen) atoms. The number of likely N-dealkylation sites (tertiary alicyclic amines) is 1. The quantitative estimate of drug-likeness (QED) is 0.696. The molecule has 1 atom stereocenters. The highest BCUT2D eigenvalue weighted by atomic mass is 32.2. The first-order valence-corrected chi connectivity index (χ1v) is 10.3. The molecular weight excluding hydrogens is 392 g/mol. The normalized spacial score (nSPS) is 15.7. The van der Waals surface area contributed by atoms with Crippen molar-refractivity contribution in [2.75, 3.05) is 10.0 Å². The number of nitrogens with zero attached hydrogens (tertiary/aromatic N) is 2. The topological polar surface area (TPSA) is 126 Å². The summed E-state index contributed by atoms with van der Waals surface area (Å²) in [5, 5.41) is 2.97. The summed E-state index contributed by atoms with van der Waals surface area (Å²) in [7, 11) is -3.76. The molecule has 3 amide bonds. The molecule has 2 N–H and O–H groups in total. The number of hydrogen-bond donors (Lipinski definition) is 2. The number of amides is 3. The number of anilines is 2. The molecule has 1 aliphatic rings. The maximum atomic E-state index is 12.3. The number of thiazole rings is 1. The minimum Gasteiger partial charge on any atom is -0.324 e. The van der Waals surface area contributed by atoms with E-state index in [1.807, 2.05) is 0 Å². The van der Waals surface area contributed by atoms with Crippen LogP contribution in [0.15, 0.2) is 40.9 Å². The van der Waals surface area contributed by atoms with Crippen LogP contribution in [-0.2, 0) is 24.4 Å². The summed E-state index contributed by atoms with van der Waals surface area (Å²) in [5.74, 6) is -1.28. The van der Waals surface area contributed by atoms with E-state index in [1.54, 1.807) is 0 Å². The molecule has 0 aliphatic carbocycles. The minimum atomic E-state index is -3.76. The van der Waals surface area contributed by atoms with Crippen LogP contribution in [0.1, 0.15) is 19.8 Å². The van der Waals surface area contributed by atoms with Crippen LogP contribution in [0.5, 0.6) is 0 Å². The van der Waals surface area contributed by atoms with Crippen LogP contribution in [-0.4, -0.2) is 42.1 Å². The zero-order valence-corrected chi connectivity index (χ0v) is 15.8. The van der Waals surface area contributed by atoms with Crippen molar-refractivity contribution in [2.45, 2.75) is 30.7 Å². The number of rotatable bonds is 6. The van der Waals surface area contributed by atoms with E-state index in [4.69, 9.17) is 0 Å². The highest BCUT2D eigenvalue weighted by Gasteiger charge is 2.36. The van der Waals surface area contributed by atoms with Gasteiger partial charge in [-0.25, -0.2) is 8.42 Å². The molecule has 1 fully saturated rings. The second-order valence-corrected chi connectivity index (χ2v) is 8.39. The Balaban J connectivity index is 1.67. The lowest BCUT2D eigenvalue weighted by Gasteiger charge is -2.21. The Morgan fingerprint density at radius 1 is 1.19 bits per heavy atom. The molecule has 1 saturated heterocycles. The van der Waals surface area contributed by atoms with Crippen molar-refractivity contribution in [3.05, 3.63) is 36.0 Å². The number of imide groups is 1. The van der Waals surface area contributed by atoms with Gasteiger partial charge in [-0.15, -0.1) is 11.3 Å². The predicted octanol–water partition coefficient (Wildman–Crippen LogP) is 1.42. The Bertz CT molecular complexity index is 955. The molecule has 2 heterocycles. The van der Waals surface area contributed by atoms with E-state index < -0.39 is 22.0 Å². The summed E-state index contributed by atoms with van der Waals surface area (Å²) < 4.78 is 27.0. The highest BCUT2D eigenvalue weighted by molar-refractivity contribution is 7.93. The van der Waals surface area contributed by atoms with Crippen molar-refractivity contribution in [3.63, 3.8) is 0 Å². The van der Waals surface area contributed by atoms with Crippen molar-refractivity contribution in [1.82, 2.24) is 9.88 Å². The first-order valence-electron chi connectivity index (χ1n) is 7.95. The van der Waals surface area contributed by atoms with E-state index in [0.717, 1.165) is 16.2 Å². The standard InChI is InChI=1S/C16H16N4O5S2/c1-10(20-14(21)6-7-15(20)22)16(23)18-11-2-4-12(5-3-11)27(24,25)19-13-8-17-9-26-13/h2-5,8-10,19H,6-7H2,1H3,(H,18,23). The fraction of sp³-hybridized carbons (Fsp3) is 0.250. The molecule has 11 heteroatoms. The highest BCUT2D eigenvalue weighted by Crippen LogP contribution is 2.21. The summed E-state index contributed by atoms with van der Waals surface area (Å²) in [5.41, 5.74) is 1.86. The Labute approximate surface area is 159 Å². The van der Waals surface area contributed by atoms with E-state index in [-0.39, 0.29) is 29.6 Å². The first kappa shape index (κ1) is 19.0. The molecule has 0 bridgehead atoms. The SMILES string of the molecule is CC(C(=O)Nc1ccc(S(=O)(=O)Nc2cncs2)cc1)N1C(=O)CCC1=O. The molecule has 0 saturated carbocycles. The number of aromatic nitrogens is 1. The molecule has 0 radical (unpaired) electrons. The predicted molar refractivity (Wildman–Crippen MR) is 98.5 cm³/mol. The summed E-state index contributed by atoms with van der Waals surface area (Å²) in [6.45, 7) is 1.47. The first-order chi connectivity index (χ1) is 12.8. The third-order valence-electron chi connectivity index (χ3n) is 3.96. The van der Waals surface area contributed by atoms with Gasteiger partial charge < -0.3 is 5.32 Å². The minimum absolute atomic E-state index is 0.0202. The maximum Gasteiger partial charge on any atom is 0.262 e. The molecule has 1 unspecified atom stereocenters. The molecule has 1 aliphatic heterocycles. The average Bonchev–Trinajstić information content (AvgIpc) is 3.24. The molecule has 1 aromatic heterocycles. The Hall–Kier alpha value is -2.79. The number of hydrogen-bond acceptors (Lipinski definition) is 7. The van der Waals surface area contributed by atoms with E-state index in [2.05, 4.69) is 15.0 Å². The summed E-state index contributed by atoms with van der Waals surface area (Å²) in [4.78, 5) is 40.5. The van der Waals surface area contributed by atoms with Crippen molar-refractivity contribution in [1.29, 1.82) is 0 Å². The molecule has 9 nitrogen and oxygen atoms in total. The van der Waals surface area contributed by atoms with Gasteiger partial charge in [-0.1, -0.05) is 0 Å². The van der Waals surface area contributed by atoms with Gasteiger partial charge in [0, 0.05) is 18.5 Å². The third kappa shape index (κ3) is 4.14. The van der Waals surface area contributed by atoms with Crippen LogP contribution < -0.4 is 10.0 Å². The van der Waals surface area contributed by atoms with Crippen LogP contribution in [0.2, 0.25) is 0 Å². The zero-order valence-electron chi connectivity index (χ0n) is 14.2. The Morgan fingerprint density at radius 3 is 2.37 bits per heavy atom. The number of sulfonamides is 1. The molecule has 2 aromatic rings. The van der Waals surface area contributed by atoms with Gasteiger partial charge in [0.25, 0.3) is 10.0 Å². The van der Waals surface area contributed by atoms with Gasteiger partial charge in [-0.2, -0.15) is 0 Å². The Morgan fingerprint density at radius 2 is 1.81 bits per heavy atom. The number of carbonyl (C=O) groups excluding carboxylic acids is 3. The van der Waals surface area contributed by atoms with E-state index in [1.165, 1.54) is 42.9 Å². The third-order valence-corrected chi connectivity index (χ3v) is 6.16. The van der Waals surface area contributed by atoms with Crippen molar-refractivity contribution in [2.24, 2.45) is 0 Å². The largest absolute Gasteiger partial charge is 0.324 e. The number of nitrogens with one attached hydrogen (secondary N) is 2.